The number of halogens is 2. The molecule has 0 unspecified atom stereocenters. The molecule has 0 aromatic heterocycles. The predicted molar refractivity (Wildman–Crippen MR) is 46.0 cm³/mol. The molecule has 0 spiro atoms. The minimum absolute atomic E-state index is 0.101. The largest absolute Gasteiger partial charge is 0.211 e. The second-order valence-corrected chi connectivity index (χ2v) is 2.83. The third-order valence-corrected chi connectivity index (χ3v) is 1.98. The number of hydrogen-bond acceptors (Lipinski definition) is 0. The first-order valence-electron chi connectivity index (χ1n) is 4.09. The van der Waals surface area contributed by atoms with Crippen LogP contribution in [0.1, 0.15) is 26.2 Å². The molecule has 0 amide bonds. The fourth-order valence-electron chi connectivity index (χ4n) is 1.22. The summed E-state index contributed by atoms with van der Waals surface area (Å²) in [5.41, 5.74) is 0.643. The van der Waals surface area contributed by atoms with E-state index >= 15 is 0 Å². The minimum Gasteiger partial charge on any atom is -0.211 e. The van der Waals surface area contributed by atoms with Crippen molar-refractivity contribution in [3.05, 3.63) is 35.5 Å². The Morgan fingerprint density at radius 2 is 2.25 bits per heavy atom. The maximum atomic E-state index is 13.1. The zero-order valence-corrected chi connectivity index (χ0v) is 7.16. The predicted octanol–water partition coefficient (Wildman–Crippen LogP) is 3.82. The van der Waals surface area contributed by atoms with Crippen LogP contribution in [-0.4, -0.2) is 0 Å². The van der Waals surface area contributed by atoms with Gasteiger partial charge in [0.1, 0.15) is 11.7 Å². The Labute approximate surface area is 71.3 Å². The van der Waals surface area contributed by atoms with E-state index in [0.29, 0.717) is 24.8 Å². The molecule has 0 bridgehead atoms. The van der Waals surface area contributed by atoms with Crippen LogP contribution in [0.5, 0.6) is 0 Å². The summed E-state index contributed by atoms with van der Waals surface area (Å²) in [6.07, 6.45) is 2.77. The normalized spacial score (nSPS) is 17.8. The molecule has 0 aromatic carbocycles. The molecular formula is C10H12F2. The maximum absolute atomic E-state index is 13.1. The zero-order chi connectivity index (χ0) is 9.14. The molecule has 12 heavy (non-hydrogen) atoms. The van der Waals surface area contributed by atoms with Crippen molar-refractivity contribution in [3.63, 3.8) is 0 Å². The second-order valence-electron chi connectivity index (χ2n) is 2.83. The quantitative estimate of drug-likeness (QED) is 0.591. The number of allylic oxidation sites excluding steroid dienone is 5. The van der Waals surface area contributed by atoms with Gasteiger partial charge in [0.05, 0.1) is 0 Å². The Hall–Kier alpha value is -0.920. The second kappa shape index (κ2) is 3.65. The molecule has 0 heterocycles. The van der Waals surface area contributed by atoms with E-state index in [0.717, 1.165) is 0 Å². The van der Waals surface area contributed by atoms with Crippen LogP contribution in [0.4, 0.5) is 8.78 Å². The molecule has 0 aliphatic heterocycles. The molecule has 1 aliphatic carbocycles. The van der Waals surface area contributed by atoms with Crippen LogP contribution in [0, 0.1) is 0 Å². The summed E-state index contributed by atoms with van der Waals surface area (Å²) in [6.45, 7) is 5.46. The molecule has 0 radical (unpaired) electrons. The summed E-state index contributed by atoms with van der Waals surface area (Å²) in [7, 11) is 0. The lowest BCUT2D eigenvalue weighted by atomic mass is 9.97. The first-order valence-corrected chi connectivity index (χ1v) is 4.09. The molecular weight excluding hydrogens is 158 g/mol. The van der Waals surface area contributed by atoms with Crippen molar-refractivity contribution in [1.82, 2.24) is 0 Å². The highest BCUT2D eigenvalue weighted by atomic mass is 19.1. The van der Waals surface area contributed by atoms with Crippen LogP contribution in [-0.2, 0) is 0 Å². The van der Waals surface area contributed by atoms with Gasteiger partial charge in [-0.3, -0.25) is 0 Å². The average molecular weight is 170 g/mol. The third-order valence-electron chi connectivity index (χ3n) is 1.98. The van der Waals surface area contributed by atoms with Gasteiger partial charge in [0.15, 0.2) is 0 Å². The van der Waals surface area contributed by atoms with E-state index in [1.807, 2.05) is 6.92 Å². The van der Waals surface area contributed by atoms with Gasteiger partial charge in [-0.1, -0.05) is 13.5 Å². The Kier molecular flexibility index (Phi) is 2.79. The van der Waals surface area contributed by atoms with Gasteiger partial charge in [0.25, 0.3) is 0 Å². The number of rotatable bonds is 2. The van der Waals surface area contributed by atoms with Crippen LogP contribution in [0.3, 0.4) is 0 Å². The van der Waals surface area contributed by atoms with Gasteiger partial charge < -0.3 is 0 Å². The highest BCUT2D eigenvalue weighted by Crippen LogP contribution is 2.32. The molecule has 0 saturated carbocycles. The van der Waals surface area contributed by atoms with Crippen LogP contribution >= 0.6 is 0 Å². The lowest BCUT2D eigenvalue weighted by Crippen LogP contribution is -1.97. The summed E-state index contributed by atoms with van der Waals surface area (Å²) in [5, 5.41) is 0. The van der Waals surface area contributed by atoms with E-state index in [2.05, 4.69) is 6.58 Å². The van der Waals surface area contributed by atoms with E-state index in [1.165, 1.54) is 6.08 Å². The van der Waals surface area contributed by atoms with Gasteiger partial charge in [-0.15, -0.1) is 0 Å². The molecule has 2 heteroatoms. The van der Waals surface area contributed by atoms with Crippen LogP contribution in [0.2, 0.25) is 0 Å². The lowest BCUT2D eigenvalue weighted by Gasteiger charge is -2.12. The first kappa shape index (κ1) is 9.17. The van der Waals surface area contributed by atoms with Crippen molar-refractivity contribution in [3.8, 4) is 0 Å². The van der Waals surface area contributed by atoms with E-state index < -0.39 is 5.83 Å². The molecule has 0 aromatic rings. The van der Waals surface area contributed by atoms with Gasteiger partial charge in [0, 0.05) is 12.0 Å². The molecule has 0 saturated heterocycles. The molecule has 0 N–H and O–H groups in total. The summed E-state index contributed by atoms with van der Waals surface area (Å²) < 4.78 is 26.1. The Morgan fingerprint density at radius 3 is 2.75 bits per heavy atom. The molecule has 0 fully saturated rings. The molecule has 1 aliphatic rings. The minimum atomic E-state index is -0.453. The van der Waals surface area contributed by atoms with Crippen molar-refractivity contribution in [1.29, 1.82) is 0 Å². The fraction of sp³-hybridized carbons (Fsp3) is 0.400. The topological polar surface area (TPSA) is 0 Å². The van der Waals surface area contributed by atoms with Crippen molar-refractivity contribution >= 4 is 0 Å². The highest BCUT2D eigenvalue weighted by Gasteiger charge is 2.17. The summed E-state index contributed by atoms with van der Waals surface area (Å²) >= 11 is 0. The Balaban J connectivity index is 2.98. The van der Waals surface area contributed by atoms with Gasteiger partial charge in [-0.25, -0.2) is 8.78 Å². The Bertz CT molecular complexity index is 259. The Morgan fingerprint density at radius 1 is 1.58 bits per heavy atom. The van der Waals surface area contributed by atoms with Gasteiger partial charge >= 0.3 is 0 Å². The monoisotopic (exact) mass is 170 g/mol. The lowest BCUT2D eigenvalue weighted by molar-refractivity contribution is 0.543. The van der Waals surface area contributed by atoms with Crippen LogP contribution < -0.4 is 0 Å². The molecule has 0 nitrogen and oxygen atoms in total. The highest BCUT2D eigenvalue weighted by molar-refractivity contribution is 5.45. The van der Waals surface area contributed by atoms with Crippen molar-refractivity contribution < 1.29 is 8.78 Å². The standard InChI is InChI=1S/C10H12F2/c1-3-7(2)10-8(11)5-4-6-9(10)12/h5H,2-4,6H2,1H3. The van der Waals surface area contributed by atoms with E-state index in [4.69, 9.17) is 0 Å². The van der Waals surface area contributed by atoms with Crippen LogP contribution in [0.25, 0.3) is 0 Å². The van der Waals surface area contributed by atoms with E-state index in [1.54, 1.807) is 0 Å². The zero-order valence-electron chi connectivity index (χ0n) is 7.16. The smallest absolute Gasteiger partial charge is 0.129 e. The van der Waals surface area contributed by atoms with Gasteiger partial charge in [-0.05, 0) is 24.5 Å². The summed E-state index contributed by atoms with van der Waals surface area (Å²) in [4.78, 5) is 0. The number of hydrogen-bond donors (Lipinski definition) is 0. The van der Waals surface area contributed by atoms with Crippen molar-refractivity contribution in [2.24, 2.45) is 0 Å². The van der Waals surface area contributed by atoms with Gasteiger partial charge in [0.2, 0.25) is 0 Å². The SMILES string of the molecule is C=C(CC)C1=C(F)CCC=C1F. The molecule has 0 atom stereocenters. The fourth-order valence-corrected chi connectivity index (χ4v) is 1.22. The van der Waals surface area contributed by atoms with E-state index in [-0.39, 0.29) is 11.4 Å². The van der Waals surface area contributed by atoms with Crippen molar-refractivity contribution in [2.75, 3.05) is 0 Å². The maximum Gasteiger partial charge on any atom is 0.129 e. The van der Waals surface area contributed by atoms with Gasteiger partial charge in [-0.2, -0.15) is 0 Å². The molecule has 66 valence electrons. The third kappa shape index (κ3) is 1.63. The van der Waals surface area contributed by atoms with Crippen LogP contribution in [0.15, 0.2) is 35.5 Å². The van der Waals surface area contributed by atoms with Crippen molar-refractivity contribution in [2.45, 2.75) is 26.2 Å². The van der Waals surface area contributed by atoms with E-state index in [9.17, 15) is 8.78 Å². The first-order chi connectivity index (χ1) is 5.66. The summed E-state index contributed by atoms with van der Waals surface area (Å²) in [5.74, 6) is -0.813. The molecule has 1 rings (SSSR count). The summed E-state index contributed by atoms with van der Waals surface area (Å²) in [6, 6.07) is 0. The average Bonchev–Trinajstić information content (AvgIpc) is 2.03.